The average Bonchev–Trinajstić information content (AvgIpc) is 2.50. The maximum atomic E-state index is 12.1. The van der Waals surface area contributed by atoms with Crippen LogP contribution in [-0.2, 0) is 16.0 Å². The van der Waals surface area contributed by atoms with Crippen LogP contribution in [0.1, 0.15) is 18.9 Å². The Kier molecular flexibility index (Phi) is 5.75. The van der Waals surface area contributed by atoms with Crippen molar-refractivity contribution in [3.8, 4) is 0 Å². The van der Waals surface area contributed by atoms with Crippen LogP contribution in [0.2, 0.25) is 0 Å². The van der Waals surface area contributed by atoms with Gasteiger partial charge in [-0.25, -0.2) is 0 Å². The molecule has 1 heterocycles. The molecule has 0 saturated carbocycles. The number of likely N-dealkylation sites (N-methyl/N-ethyl adjacent to an activating group) is 1. The maximum Gasteiger partial charge on any atom is 0.240 e. The number of nitrogens with one attached hydrogen (secondary N) is 2. The molecule has 0 bridgehead atoms. The fraction of sp³-hybridized carbons (Fsp3) is 0.500. The molecule has 21 heavy (non-hydrogen) atoms. The van der Waals surface area contributed by atoms with Gasteiger partial charge in [-0.2, -0.15) is 0 Å². The van der Waals surface area contributed by atoms with Gasteiger partial charge >= 0.3 is 0 Å². The number of hydrogen-bond acceptors (Lipinski definition) is 3. The van der Waals surface area contributed by atoms with Crippen molar-refractivity contribution in [3.05, 3.63) is 35.9 Å². The highest BCUT2D eigenvalue weighted by atomic mass is 16.2. The van der Waals surface area contributed by atoms with Gasteiger partial charge in [-0.1, -0.05) is 30.3 Å². The van der Waals surface area contributed by atoms with E-state index in [2.05, 4.69) is 10.6 Å². The molecule has 1 saturated heterocycles. The van der Waals surface area contributed by atoms with E-state index in [4.69, 9.17) is 0 Å². The maximum absolute atomic E-state index is 12.1. The van der Waals surface area contributed by atoms with Gasteiger partial charge in [0.1, 0.15) is 0 Å². The van der Waals surface area contributed by atoms with Crippen molar-refractivity contribution < 1.29 is 9.59 Å². The van der Waals surface area contributed by atoms with Crippen molar-refractivity contribution in [1.82, 2.24) is 15.5 Å². The zero-order valence-corrected chi connectivity index (χ0v) is 12.5. The molecular formula is C16H23N3O2. The van der Waals surface area contributed by atoms with Gasteiger partial charge in [0, 0.05) is 26.2 Å². The quantitative estimate of drug-likeness (QED) is 0.804. The Morgan fingerprint density at radius 1 is 1.38 bits per heavy atom. The summed E-state index contributed by atoms with van der Waals surface area (Å²) in [5.41, 5.74) is 1.20. The highest BCUT2D eigenvalue weighted by Crippen LogP contribution is 2.05. The standard InChI is InChI=1S/C16H23N3O2/c1-2-19-11-10-17-14(16(19)21)12-15(20)18-9-8-13-6-4-3-5-7-13/h3-7,14,17H,2,8-12H2,1H3,(H,18,20). The van der Waals surface area contributed by atoms with E-state index < -0.39 is 0 Å². The lowest BCUT2D eigenvalue weighted by molar-refractivity contribution is -0.138. The second-order valence-electron chi connectivity index (χ2n) is 5.21. The van der Waals surface area contributed by atoms with Gasteiger partial charge in [0.2, 0.25) is 11.8 Å². The molecule has 2 N–H and O–H groups in total. The fourth-order valence-electron chi connectivity index (χ4n) is 2.51. The Morgan fingerprint density at radius 3 is 2.86 bits per heavy atom. The summed E-state index contributed by atoms with van der Waals surface area (Å²) in [6.45, 7) is 4.73. The van der Waals surface area contributed by atoms with E-state index in [0.717, 1.165) is 19.5 Å². The first-order valence-electron chi connectivity index (χ1n) is 7.53. The van der Waals surface area contributed by atoms with Crippen LogP contribution in [0.4, 0.5) is 0 Å². The molecule has 1 aliphatic heterocycles. The monoisotopic (exact) mass is 289 g/mol. The summed E-state index contributed by atoms with van der Waals surface area (Å²) < 4.78 is 0. The molecule has 1 aromatic carbocycles. The summed E-state index contributed by atoms with van der Waals surface area (Å²) in [4.78, 5) is 25.8. The first-order chi connectivity index (χ1) is 10.2. The minimum Gasteiger partial charge on any atom is -0.356 e. The number of nitrogens with zero attached hydrogens (tertiary/aromatic N) is 1. The van der Waals surface area contributed by atoms with Crippen molar-refractivity contribution in [3.63, 3.8) is 0 Å². The molecule has 5 nitrogen and oxygen atoms in total. The highest BCUT2D eigenvalue weighted by Gasteiger charge is 2.28. The normalized spacial score (nSPS) is 18.6. The van der Waals surface area contributed by atoms with Gasteiger partial charge in [-0.05, 0) is 18.9 Å². The predicted octanol–water partition coefficient (Wildman–Crippen LogP) is 0.556. The molecule has 0 aliphatic carbocycles. The number of amides is 2. The smallest absolute Gasteiger partial charge is 0.240 e. The molecule has 1 aromatic rings. The van der Waals surface area contributed by atoms with E-state index in [1.165, 1.54) is 5.56 Å². The van der Waals surface area contributed by atoms with Crippen LogP contribution < -0.4 is 10.6 Å². The Labute approximate surface area is 125 Å². The molecule has 0 radical (unpaired) electrons. The Bertz CT molecular complexity index is 476. The van der Waals surface area contributed by atoms with Crippen LogP contribution >= 0.6 is 0 Å². The summed E-state index contributed by atoms with van der Waals surface area (Å²) in [6.07, 6.45) is 1.02. The average molecular weight is 289 g/mol. The van der Waals surface area contributed by atoms with Gasteiger partial charge in [0.15, 0.2) is 0 Å². The van der Waals surface area contributed by atoms with Gasteiger partial charge in [0.25, 0.3) is 0 Å². The van der Waals surface area contributed by atoms with Gasteiger partial charge < -0.3 is 15.5 Å². The van der Waals surface area contributed by atoms with E-state index in [-0.39, 0.29) is 24.3 Å². The third-order valence-corrected chi connectivity index (χ3v) is 3.73. The van der Waals surface area contributed by atoms with Gasteiger partial charge in [-0.3, -0.25) is 9.59 Å². The van der Waals surface area contributed by atoms with Crippen molar-refractivity contribution in [2.75, 3.05) is 26.2 Å². The molecule has 1 unspecified atom stereocenters. The summed E-state index contributed by atoms with van der Waals surface area (Å²) in [6, 6.07) is 9.65. The Morgan fingerprint density at radius 2 is 2.14 bits per heavy atom. The van der Waals surface area contributed by atoms with Crippen LogP contribution in [0.5, 0.6) is 0 Å². The third-order valence-electron chi connectivity index (χ3n) is 3.73. The van der Waals surface area contributed by atoms with E-state index in [9.17, 15) is 9.59 Å². The van der Waals surface area contributed by atoms with Crippen LogP contribution in [0, 0.1) is 0 Å². The van der Waals surface area contributed by atoms with Gasteiger partial charge in [0.05, 0.1) is 12.5 Å². The second-order valence-corrected chi connectivity index (χ2v) is 5.21. The Hall–Kier alpha value is -1.88. The molecule has 2 rings (SSSR count). The molecular weight excluding hydrogens is 266 g/mol. The van der Waals surface area contributed by atoms with E-state index in [1.807, 2.05) is 37.3 Å². The first-order valence-corrected chi connectivity index (χ1v) is 7.53. The van der Waals surface area contributed by atoms with E-state index in [0.29, 0.717) is 13.1 Å². The first kappa shape index (κ1) is 15.5. The molecule has 2 amide bonds. The minimum absolute atomic E-state index is 0.0296. The van der Waals surface area contributed by atoms with Gasteiger partial charge in [-0.15, -0.1) is 0 Å². The number of hydrogen-bond donors (Lipinski definition) is 2. The predicted molar refractivity (Wildman–Crippen MR) is 81.8 cm³/mol. The molecule has 1 fully saturated rings. The fourth-order valence-corrected chi connectivity index (χ4v) is 2.51. The number of piperazine rings is 1. The molecule has 0 spiro atoms. The second kappa shape index (κ2) is 7.78. The summed E-state index contributed by atoms with van der Waals surface area (Å²) >= 11 is 0. The summed E-state index contributed by atoms with van der Waals surface area (Å²) in [5.74, 6) is -0.0447. The lowest BCUT2D eigenvalue weighted by Crippen LogP contribution is -2.56. The largest absolute Gasteiger partial charge is 0.356 e. The van der Waals surface area contributed by atoms with Crippen LogP contribution in [0.25, 0.3) is 0 Å². The Balaban J connectivity index is 1.73. The van der Waals surface area contributed by atoms with Crippen molar-refractivity contribution in [2.45, 2.75) is 25.8 Å². The summed E-state index contributed by atoms with van der Waals surface area (Å²) in [5, 5.41) is 6.00. The number of rotatable bonds is 6. The topological polar surface area (TPSA) is 61.4 Å². The number of carbonyl (C=O) groups is 2. The lowest BCUT2D eigenvalue weighted by atomic mass is 10.1. The van der Waals surface area contributed by atoms with Crippen molar-refractivity contribution >= 4 is 11.8 Å². The van der Waals surface area contributed by atoms with Crippen LogP contribution in [-0.4, -0.2) is 48.9 Å². The lowest BCUT2D eigenvalue weighted by Gasteiger charge is -2.32. The van der Waals surface area contributed by atoms with Crippen LogP contribution in [0.3, 0.4) is 0 Å². The summed E-state index contributed by atoms with van der Waals surface area (Å²) in [7, 11) is 0. The third kappa shape index (κ3) is 4.56. The zero-order valence-electron chi connectivity index (χ0n) is 12.5. The molecule has 0 aromatic heterocycles. The minimum atomic E-state index is -0.379. The highest BCUT2D eigenvalue weighted by molar-refractivity contribution is 5.88. The SMILES string of the molecule is CCN1CCNC(CC(=O)NCCc2ccccc2)C1=O. The number of carbonyl (C=O) groups excluding carboxylic acids is 2. The van der Waals surface area contributed by atoms with Crippen molar-refractivity contribution in [1.29, 1.82) is 0 Å². The molecule has 5 heteroatoms. The molecule has 114 valence electrons. The molecule has 1 aliphatic rings. The van der Waals surface area contributed by atoms with E-state index >= 15 is 0 Å². The zero-order chi connectivity index (χ0) is 15.1. The van der Waals surface area contributed by atoms with E-state index in [1.54, 1.807) is 4.90 Å². The number of benzene rings is 1. The van der Waals surface area contributed by atoms with Crippen molar-refractivity contribution in [2.24, 2.45) is 0 Å². The molecule has 1 atom stereocenters. The van der Waals surface area contributed by atoms with Crippen LogP contribution in [0.15, 0.2) is 30.3 Å².